The molecule has 2 fully saturated rings. The normalized spacial score (nSPS) is 24.1. The Morgan fingerprint density at radius 3 is 2.50 bits per heavy atom. The van der Waals surface area contributed by atoms with Crippen molar-refractivity contribution in [1.29, 1.82) is 0 Å². The highest BCUT2D eigenvalue weighted by Crippen LogP contribution is 2.26. The molecule has 3 aliphatic heterocycles. The van der Waals surface area contributed by atoms with E-state index >= 15 is 0 Å². The van der Waals surface area contributed by atoms with E-state index < -0.39 is 18.8 Å². The number of nitrogens with zero attached hydrogens (tertiary/aromatic N) is 5. The summed E-state index contributed by atoms with van der Waals surface area (Å²) in [5.74, 6) is 0.296. The van der Waals surface area contributed by atoms with E-state index in [0.717, 1.165) is 19.5 Å². The minimum absolute atomic E-state index is 0.00741. The Balaban J connectivity index is 1.16. The highest BCUT2D eigenvalue weighted by molar-refractivity contribution is 5.92. The topological polar surface area (TPSA) is 84.8 Å². The molecule has 206 valence electrons. The number of amides is 1. The van der Waals surface area contributed by atoms with Crippen molar-refractivity contribution < 1.29 is 23.1 Å². The molecule has 0 aliphatic carbocycles. The number of halogens is 3. The second kappa shape index (κ2) is 11.5. The van der Waals surface area contributed by atoms with E-state index in [-0.39, 0.29) is 23.7 Å². The molecule has 0 spiro atoms. The van der Waals surface area contributed by atoms with Crippen LogP contribution in [0.25, 0.3) is 0 Å². The summed E-state index contributed by atoms with van der Waals surface area (Å²) in [6, 6.07) is 10.0. The molecule has 5 rings (SSSR count). The molecule has 0 unspecified atom stereocenters. The van der Waals surface area contributed by atoms with Crippen LogP contribution in [0, 0.1) is 0 Å². The molecule has 1 aromatic heterocycles. The van der Waals surface area contributed by atoms with Gasteiger partial charge < -0.3 is 15.3 Å². The number of carbonyl (C=O) groups is 1. The molecule has 2 saturated heterocycles. The van der Waals surface area contributed by atoms with Crippen molar-refractivity contribution in [2.24, 2.45) is 0 Å². The molecule has 0 saturated carbocycles. The maximum Gasteiger partial charge on any atom is 0.401 e. The number of aromatic nitrogens is 2. The van der Waals surface area contributed by atoms with Gasteiger partial charge in [-0.05, 0) is 43.2 Å². The molecule has 0 bridgehead atoms. The Bertz CT molecular complexity index is 1110. The minimum atomic E-state index is -4.19. The van der Waals surface area contributed by atoms with Gasteiger partial charge in [-0.3, -0.25) is 14.6 Å². The third-order valence-corrected chi connectivity index (χ3v) is 7.98. The van der Waals surface area contributed by atoms with Crippen molar-refractivity contribution in [3.05, 3.63) is 53.5 Å². The number of piperidine rings is 1. The predicted molar refractivity (Wildman–Crippen MR) is 137 cm³/mol. The molecule has 1 aromatic carbocycles. The number of benzene rings is 1. The SMILES string of the molecule is O=C(c1cc(NC2CCN(CC(F)(F)F)CC2)ncn1)N1CC[C@H](O)[C@@H](N2CCc3ccccc3C2)CC1. The molecule has 0 radical (unpaired) electrons. The van der Waals surface area contributed by atoms with Gasteiger partial charge in [-0.15, -0.1) is 0 Å². The fraction of sp³-hybridized carbons (Fsp3) is 0.593. The van der Waals surface area contributed by atoms with E-state index in [1.807, 2.05) is 6.07 Å². The molecular formula is C27H35F3N6O2. The van der Waals surface area contributed by atoms with Crippen LogP contribution in [0.5, 0.6) is 0 Å². The number of alkyl halides is 3. The largest absolute Gasteiger partial charge is 0.401 e. The number of hydrogen-bond acceptors (Lipinski definition) is 7. The summed E-state index contributed by atoms with van der Waals surface area (Å²) in [4.78, 5) is 27.3. The smallest absolute Gasteiger partial charge is 0.391 e. The summed E-state index contributed by atoms with van der Waals surface area (Å²) < 4.78 is 37.9. The van der Waals surface area contributed by atoms with Gasteiger partial charge in [0.15, 0.2) is 0 Å². The number of rotatable bonds is 5. The Morgan fingerprint density at radius 1 is 1.00 bits per heavy atom. The van der Waals surface area contributed by atoms with Crippen LogP contribution in [0.4, 0.5) is 19.0 Å². The minimum Gasteiger partial charge on any atom is -0.391 e. The van der Waals surface area contributed by atoms with Crippen molar-refractivity contribution in [3.8, 4) is 0 Å². The quantitative estimate of drug-likeness (QED) is 0.613. The van der Waals surface area contributed by atoms with E-state index in [0.29, 0.717) is 57.7 Å². The van der Waals surface area contributed by atoms with Crippen molar-refractivity contribution in [2.75, 3.05) is 44.6 Å². The van der Waals surface area contributed by atoms with Crippen LogP contribution >= 0.6 is 0 Å². The lowest BCUT2D eigenvalue weighted by Gasteiger charge is -2.37. The molecule has 8 nitrogen and oxygen atoms in total. The predicted octanol–water partition coefficient (Wildman–Crippen LogP) is 2.94. The molecule has 1 amide bonds. The summed E-state index contributed by atoms with van der Waals surface area (Å²) in [7, 11) is 0. The van der Waals surface area contributed by atoms with E-state index in [2.05, 4.69) is 38.4 Å². The van der Waals surface area contributed by atoms with Crippen LogP contribution in [-0.2, 0) is 13.0 Å². The average Bonchev–Trinajstić information content (AvgIpc) is 3.10. The number of anilines is 1. The van der Waals surface area contributed by atoms with Crippen molar-refractivity contribution in [2.45, 2.75) is 63.0 Å². The van der Waals surface area contributed by atoms with Gasteiger partial charge in [0, 0.05) is 57.4 Å². The van der Waals surface area contributed by atoms with E-state index in [9.17, 15) is 23.1 Å². The number of nitrogens with one attached hydrogen (secondary N) is 1. The highest BCUT2D eigenvalue weighted by Gasteiger charge is 2.34. The Labute approximate surface area is 220 Å². The first-order valence-electron chi connectivity index (χ1n) is 13.4. The van der Waals surface area contributed by atoms with Crippen LogP contribution < -0.4 is 5.32 Å². The van der Waals surface area contributed by atoms with Gasteiger partial charge in [0.25, 0.3) is 5.91 Å². The third kappa shape index (κ3) is 6.62. The molecule has 11 heteroatoms. The van der Waals surface area contributed by atoms with Crippen molar-refractivity contribution in [1.82, 2.24) is 24.7 Å². The zero-order valence-electron chi connectivity index (χ0n) is 21.4. The second-order valence-corrected chi connectivity index (χ2v) is 10.6. The number of fused-ring (bicyclic) bond motifs is 1. The zero-order valence-corrected chi connectivity index (χ0v) is 21.4. The fourth-order valence-electron chi connectivity index (χ4n) is 5.92. The molecule has 4 heterocycles. The Hall–Kier alpha value is -2.76. The fourth-order valence-corrected chi connectivity index (χ4v) is 5.92. The first-order valence-corrected chi connectivity index (χ1v) is 13.4. The molecule has 2 N–H and O–H groups in total. The van der Waals surface area contributed by atoms with Crippen LogP contribution in [0.1, 0.15) is 47.3 Å². The lowest BCUT2D eigenvalue weighted by atomic mass is 9.96. The van der Waals surface area contributed by atoms with Gasteiger partial charge >= 0.3 is 6.18 Å². The number of likely N-dealkylation sites (tertiary alicyclic amines) is 2. The average molecular weight is 533 g/mol. The highest BCUT2D eigenvalue weighted by atomic mass is 19.4. The van der Waals surface area contributed by atoms with Gasteiger partial charge in [0.1, 0.15) is 17.8 Å². The molecule has 2 atom stereocenters. The van der Waals surface area contributed by atoms with Crippen molar-refractivity contribution >= 4 is 11.7 Å². The maximum absolute atomic E-state index is 13.3. The number of hydrogen-bond donors (Lipinski definition) is 2. The van der Waals surface area contributed by atoms with Crippen molar-refractivity contribution in [3.63, 3.8) is 0 Å². The number of aliphatic hydroxyl groups excluding tert-OH is 1. The molecular weight excluding hydrogens is 497 g/mol. The van der Waals surface area contributed by atoms with E-state index in [1.54, 1.807) is 11.0 Å². The second-order valence-electron chi connectivity index (χ2n) is 10.6. The lowest BCUT2D eigenvalue weighted by molar-refractivity contribution is -0.147. The van der Waals surface area contributed by atoms with E-state index in [4.69, 9.17) is 0 Å². The summed E-state index contributed by atoms with van der Waals surface area (Å²) >= 11 is 0. The maximum atomic E-state index is 13.3. The number of aliphatic hydroxyl groups is 1. The lowest BCUT2D eigenvalue weighted by Crippen LogP contribution is -2.46. The summed E-state index contributed by atoms with van der Waals surface area (Å²) in [6.45, 7) is 2.50. The van der Waals surface area contributed by atoms with Gasteiger partial charge in [-0.1, -0.05) is 24.3 Å². The Kier molecular flexibility index (Phi) is 8.15. The van der Waals surface area contributed by atoms with Crippen LogP contribution in [-0.4, -0.2) is 99.3 Å². The standard InChI is InChI=1S/C27H35F3N6O2/c28-27(29,30)17-34-10-6-21(7-11-34)33-25-15-22(31-18-32-25)26(38)35-13-8-23(24(37)9-14-35)36-12-5-19-3-1-2-4-20(19)16-36/h1-4,15,18,21,23-24,37H,5-14,16-17H2,(H,31,32,33)/t23-,24-/m0/s1. The Morgan fingerprint density at radius 2 is 1.74 bits per heavy atom. The summed E-state index contributed by atoms with van der Waals surface area (Å²) in [5, 5.41) is 14.2. The molecule has 2 aromatic rings. The number of carbonyl (C=O) groups excluding carboxylic acids is 1. The summed E-state index contributed by atoms with van der Waals surface area (Å²) in [6.07, 6.45) is -0.0853. The third-order valence-electron chi connectivity index (χ3n) is 7.98. The van der Waals surface area contributed by atoms with Gasteiger partial charge in [0.05, 0.1) is 12.6 Å². The first kappa shape index (κ1) is 26.8. The molecule has 38 heavy (non-hydrogen) atoms. The van der Waals surface area contributed by atoms with Crippen LogP contribution in [0.2, 0.25) is 0 Å². The summed E-state index contributed by atoms with van der Waals surface area (Å²) in [5.41, 5.74) is 2.94. The first-order chi connectivity index (χ1) is 18.2. The van der Waals surface area contributed by atoms with E-state index in [1.165, 1.54) is 22.4 Å². The van der Waals surface area contributed by atoms with Crippen LogP contribution in [0.15, 0.2) is 36.7 Å². The van der Waals surface area contributed by atoms with Gasteiger partial charge in [-0.25, -0.2) is 9.97 Å². The van der Waals surface area contributed by atoms with Gasteiger partial charge in [0.2, 0.25) is 0 Å². The monoisotopic (exact) mass is 532 g/mol. The zero-order chi connectivity index (χ0) is 26.7. The molecule has 3 aliphatic rings. The van der Waals surface area contributed by atoms with Gasteiger partial charge in [-0.2, -0.15) is 13.2 Å². The van der Waals surface area contributed by atoms with Crippen LogP contribution in [0.3, 0.4) is 0 Å².